The second-order valence-corrected chi connectivity index (χ2v) is 5.47. The van der Waals surface area contributed by atoms with Crippen molar-refractivity contribution in [2.24, 2.45) is 5.73 Å². The van der Waals surface area contributed by atoms with E-state index >= 15 is 0 Å². The van der Waals surface area contributed by atoms with Crippen LogP contribution in [0.1, 0.15) is 17.5 Å². The topological polar surface area (TPSA) is 29.3 Å². The molecule has 0 fully saturated rings. The van der Waals surface area contributed by atoms with Crippen LogP contribution in [0.3, 0.4) is 0 Å². The first-order valence-corrected chi connectivity index (χ1v) is 6.90. The van der Waals surface area contributed by atoms with E-state index in [9.17, 15) is 0 Å². The highest BCUT2D eigenvalue weighted by molar-refractivity contribution is 7.99. The van der Waals surface area contributed by atoms with Crippen LogP contribution in [-0.4, -0.2) is 25.4 Å². The molecule has 0 spiro atoms. The van der Waals surface area contributed by atoms with E-state index < -0.39 is 0 Å². The van der Waals surface area contributed by atoms with Crippen LogP contribution < -0.4 is 10.6 Å². The first kappa shape index (κ1) is 11.8. The SMILES string of the molecule is Cc1ccc2c(c1C)N(CCCN)CCS2. The minimum absolute atomic E-state index is 0.782. The lowest BCUT2D eigenvalue weighted by Gasteiger charge is -2.33. The van der Waals surface area contributed by atoms with Crippen molar-refractivity contribution in [1.29, 1.82) is 0 Å². The molecule has 0 aliphatic carbocycles. The Hall–Kier alpha value is -0.670. The van der Waals surface area contributed by atoms with Gasteiger partial charge in [0.05, 0.1) is 5.69 Å². The molecule has 0 radical (unpaired) electrons. The highest BCUT2D eigenvalue weighted by atomic mass is 32.2. The summed E-state index contributed by atoms with van der Waals surface area (Å²) in [5.41, 5.74) is 9.87. The molecule has 2 rings (SSSR count). The molecule has 2 nitrogen and oxygen atoms in total. The molecule has 0 aromatic heterocycles. The Kier molecular flexibility index (Phi) is 3.77. The van der Waals surface area contributed by atoms with Gasteiger partial charge in [-0.05, 0) is 44.0 Å². The molecule has 1 aromatic rings. The molecule has 0 saturated heterocycles. The fraction of sp³-hybridized carbons (Fsp3) is 0.538. The van der Waals surface area contributed by atoms with E-state index in [1.165, 1.54) is 27.5 Å². The van der Waals surface area contributed by atoms with Gasteiger partial charge in [0.25, 0.3) is 0 Å². The maximum Gasteiger partial charge on any atom is 0.0537 e. The number of nitrogens with zero attached hydrogens (tertiary/aromatic N) is 1. The third kappa shape index (κ3) is 2.20. The van der Waals surface area contributed by atoms with Crippen molar-refractivity contribution in [1.82, 2.24) is 0 Å². The summed E-state index contributed by atoms with van der Waals surface area (Å²) in [6.45, 7) is 7.45. The summed E-state index contributed by atoms with van der Waals surface area (Å²) in [6, 6.07) is 4.49. The fourth-order valence-corrected chi connectivity index (χ4v) is 3.28. The molecule has 1 heterocycles. The summed E-state index contributed by atoms with van der Waals surface area (Å²) in [6.07, 6.45) is 1.08. The molecule has 1 aliphatic heterocycles. The minimum Gasteiger partial charge on any atom is -0.370 e. The minimum atomic E-state index is 0.782. The van der Waals surface area contributed by atoms with Crippen LogP contribution in [0.4, 0.5) is 5.69 Å². The number of benzene rings is 1. The molecular formula is C13H20N2S. The number of aryl methyl sites for hydroxylation is 1. The van der Waals surface area contributed by atoms with Gasteiger partial charge in [0.2, 0.25) is 0 Å². The lowest BCUT2D eigenvalue weighted by atomic mass is 10.1. The number of hydrogen-bond donors (Lipinski definition) is 1. The lowest BCUT2D eigenvalue weighted by molar-refractivity contribution is 0.744. The Labute approximate surface area is 102 Å². The summed E-state index contributed by atoms with van der Waals surface area (Å²) in [5.74, 6) is 1.19. The molecule has 16 heavy (non-hydrogen) atoms. The smallest absolute Gasteiger partial charge is 0.0537 e. The average molecular weight is 236 g/mol. The fourth-order valence-electron chi connectivity index (χ4n) is 2.17. The van der Waals surface area contributed by atoms with Gasteiger partial charge in [-0.2, -0.15) is 0 Å². The number of rotatable bonds is 3. The molecule has 0 amide bonds. The summed E-state index contributed by atoms with van der Waals surface area (Å²) in [7, 11) is 0. The zero-order valence-corrected chi connectivity index (χ0v) is 10.9. The predicted molar refractivity (Wildman–Crippen MR) is 72.5 cm³/mol. The second kappa shape index (κ2) is 5.11. The highest BCUT2D eigenvalue weighted by Crippen LogP contribution is 2.38. The third-order valence-corrected chi connectivity index (χ3v) is 4.26. The van der Waals surface area contributed by atoms with Gasteiger partial charge >= 0.3 is 0 Å². The normalized spacial score (nSPS) is 15.1. The first-order chi connectivity index (χ1) is 7.74. The van der Waals surface area contributed by atoms with E-state index in [1.807, 2.05) is 11.8 Å². The zero-order valence-electron chi connectivity index (χ0n) is 10.1. The number of fused-ring (bicyclic) bond motifs is 1. The van der Waals surface area contributed by atoms with Crippen LogP contribution >= 0.6 is 11.8 Å². The van der Waals surface area contributed by atoms with Crippen molar-refractivity contribution in [3.8, 4) is 0 Å². The number of anilines is 1. The van der Waals surface area contributed by atoms with Crippen molar-refractivity contribution in [2.45, 2.75) is 25.2 Å². The van der Waals surface area contributed by atoms with Gasteiger partial charge in [-0.1, -0.05) is 6.07 Å². The lowest BCUT2D eigenvalue weighted by Crippen LogP contribution is -2.32. The molecular weight excluding hydrogens is 216 g/mol. The standard InChI is InChI=1S/C13H20N2S/c1-10-4-5-12-13(11(10)2)15(7-3-6-14)8-9-16-12/h4-5H,3,6-9,14H2,1-2H3. The Balaban J connectivity index is 2.32. The maximum atomic E-state index is 5.60. The van der Waals surface area contributed by atoms with E-state index in [1.54, 1.807) is 0 Å². The van der Waals surface area contributed by atoms with Gasteiger partial charge in [-0.15, -0.1) is 11.8 Å². The van der Waals surface area contributed by atoms with Crippen molar-refractivity contribution in [3.63, 3.8) is 0 Å². The maximum absolute atomic E-state index is 5.60. The van der Waals surface area contributed by atoms with Crippen LogP contribution in [0.25, 0.3) is 0 Å². The molecule has 0 bridgehead atoms. The van der Waals surface area contributed by atoms with Crippen LogP contribution in [0.15, 0.2) is 17.0 Å². The number of hydrogen-bond acceptors (Lipinski definition) is 3. The molecule has 0 unspecified atom stereocenters. The van der Waals surface area contributed by atoms with Gasteiger partial charge in [0.1, 0.15) is 0 Å². The quantitative estimate of drug-likeness (QED) is 0.874. The highest BCUT2D eigenvalue weighted by Gasteiger charge is 2.19. The summed E-state index contributed by atoms with van der Waals surface area (Å²) in [5, 5.41) is 0. The molecule has 0 saturated carbocycles. The summed E-state index contributed by atoms with van der Waals surface area (Å²) < 4.78 is 0. The molecule has 0 atom stereocenters. The third-order valence-electron chi connectivity index (χ3n) is 3.23. The van der Waals surface area contributed by atoms with Gasteiger partial charge < -0.3 is 10.6 Å². The van der Waals surface area contributed by atoms with Gasteiger partial charge in [0.15, 0.2) is 0 Å². The van der Waals surface area contributed by atoms with Crippen molar-refractivity contribution in [2.75, 3.05) is 30.3 Å². The van der Waals surface area contributed by atoms with Crippen LogP contribution in [0.5, 0.6) is 0 Å². The molecule has 3 heteroatoms. The summed E-state index contributed by atoms with van der Waals surface area (Å²) >= 11 is 1.98. The van der Waals surface area contributed by atoms with E-state index in [0.29, 0.717) is 0 Å². The molecule has 88 valence electrons. The zero-order chi connectivity index (χ0) is 11.5. The van der Waals surface area contributed by atoms with E-state index in [2.05, 4.69) is 30.9 Å². The average Bonchev–Trinajstić information content (AvgIpc) is 2.31. The molecule has 1 aliphatic rings. The second-order valence-electron chi connectivity index (χ2n) is 4.33. The van der Waals surface area contributed by atoms with Crippen LogP contribution in [-0.2, 0) is 0 Å². The van der Waals surface area contributed by atoms with Crippen molar-refractivity contribution in [3.05, 3.63) is 23.3 Å². The number of nitrogens with two attached hydrogens (primary N) is 1. The summed E-state index contributed by atoms with van der Waals surface area (Å²) in [4.78, 5) is 3.94. The van der Waals surface area contributed by atoms with Gasteiger partial charge in [-0.25, -0.2) is 0 Å². The predicted octanol–water partition coefficient (Wildman–Crippen LogP) is 2.56. The van der Waals surface area contributed by atoms with Crippen LogP contribution in [0, 0.1) is 13.8 Å². The van der Waals surface area contributed by atoms with Crippen LogP contribution in [0.2, 0.25) is 0 Å². The van der Waals surface area contributed by atoms with Gasteiger partial charge in [-0.3, -0.25) is 0 Å². The largest absolute Gasteiger partial charge is 0.370 e. The van der Waals surface area contributed by atoms with Gasteiger partial charge in [0, 0.05) is 23.7 Å². The number of thioether (sulfide) groups is 1. The Morgan fingerprint density at radius 2 is 2.19 bits per heavy atom. The Morgan fingerprint density at radius 1 is 1.38 bits per heavy atom. The molecule has 1 aromatic carbocycles. The van der Waals surface area contributed by atoms with Crippen molar-refractivity contribution >= 4 is 17.4 Å². The van der Waals surface area contributed by atoms with E-state index in [4.69, 9.17) is 5.73 Å². The van der Waals surface area contributed by atoms with E-state index in [-0.39, 0.29) is 0 Å². The first-order valence-electron chi connectivity index (χ1n) is 5.92. The van der Waals surface area contributed by atoms with Crippen molar-refractivity contribution < 1.29 is 0 Å². The Morgan fingerprint density at radius 3 is 2.94 bits per heavy atom. The monoisotopic (exact) mass is 236 g/mol. The molecule has 2 N–H and O–H groups in total. The van der Waals surface area contributed by atoms with E-state index in [0.717, 1.165) is 26.1 Å². The Bertz CT molecular complexity index is 376.